The molecule has 0 saturated carbocycles. The molecule has 0 spiro atoms. The number of likely N-dealkylation sites (tertiary alicyclic amines) is 1. The Hall–Kier alpha value is -0.380. The number of hydrogen-bond acceptors (Lipinski definition) is 3. The van der Waals surface area contributed by atoms with Crippen molar-refractivity contribution in [3.8, 4) is 0 Å². The van der Waals surface area contributed by atoms with Crippen LogP contribution in [0.15, 0.2) is 17.5 Å². The Kier molecular flexibility index (Phi) is 5.86. The molecule has 0 amide bonds. The minimum absolute atomic E-state index is 0.667. The van der Waals surface area contributed by atoms with Crippen molar-refractivity contribution in [1.29, 1.82) is 0 Å². The molecule has 2 nitrogen and oxygen atoms in total. The predicted molar refractivity (Wildman–Crippen MR) is 85.0 cm³/mol. The summed E-state index contributed by atoms with van der Waals surface area (Å²) in [5, 5.41) is 5.87. The van der Waals surface area contributed by atoms with Crippen molar-refractivity contribution in [2.24, 2.45) is 0 Å². The Morgan fingerprint density at radius 2 is 2.37 bits per heavy atom. The van der Waals surface area contributed by atoms with Crippen LogP contribution in [0.2, 0.25) is 0 Å². The highest BCUT2D eigenvalue weighted by atomic mass is 32.1. The van der Waals surface area contributed by atoms with Gasteiger partial charge in [-0.2, -0.15) is 0 Å². The van der Waals surface area contributed by atoms with Crippen LogP contribution in [0, 0.1) is 0 Å². The summed E-state index contributed by atoms with van der Waals surface area (Å²) in [5.41, 5.74) is 0. The predicted octanol–water partition coefficient (Wildman–Crippen LogP) is 3.53. The number of piperidine rings is 1. The zero-order chi connectivity index (χ0) is 13.7. The molecule has 19 heavy (non-hydrogen) atoms. The second-order valence-electron chi connectivity index (χ2n) is 5.89. The first-order valence-electron chi connectivity index (χ1n) is 7.72. The summed E-state index contributed by atoms with van der Waals surface area (Å²) in [6.45, 7) is 9.44. The van der Waals surface area contributed by atoms with Gasteiger partial charge >= 0.3 is 0 Å². The Bertz CT molecular complexity index is 350. The number of hydrogen-bond donors (Lipinski definition) is 1. The highest BCUT2D eigenvalue weighted by Crippen LogP contribution is 2.22. The molecule has 1 aromatic rings. The van der Waals surface area contributed by atoms with Gasteiger partial charge in [-0.3, -0.25) is 4.90 Å². The van der Waals surface area contributed by atoms with Gasteiger partial charge in [0.1, 0.15) is 0 Å². The molecule has 2 heterocycles. The standard InChI is InChI=1S/C16H28N2S/c1-4-8-17-15-7-9-18(13(2)11-15)14(3)12-16-6-5-10-19-16/h5-6,10,13-15,17H,4,7-9,11-12H2,1-3H3. The van der Waals surface area contributed by atoms with E-state index in [-0.39, 0.29) is 0 Å². The topological polar surface area (TPSA) is 15.3 Å². The minimum atomic E-state index is 0.667. The molecule has 1 fully saturated rings. The molecule has 108 valence electrons. The number of nitrogens with zero attached hydrogens (tertiary/aromatic N) is 1. The van der Waals surface area contributed by atoms with Crippen LogP contribution < -0.4 is 5.32 Å². The molecule has 1 N–H and O–H groups in total. The third-order valence-electron chi connectivity index (χ3n) is 4.25. The summed E-state index contributed by atoms with van der Waals surface area (Å²) < 4.78 is 0. The molecular weight excluding hydrogens is 252 g/mol. The van der Waals surface area contributed by atoms with Crippen LogP contribution in [0.3, 0.4) is 0 Å². The molecule has 0 aliphatic carbocycles. The van der Waals surface area contributed by atoms with Crippen LogP contribution in [-0.4, -0.2) is 36.1 Å². The van der Waals surface area contributed by atoms with Crippen LogP contribution in [0.4, 0.5) is 0 Å². The lowest BCUT2D eigenvalue weighted by atomic mass is 9.95. The van der Waals surface area contributed by atoms with E-state index in [1.165, 1.54) is 43.6 Å². The van der Waals surface area contributed by atoms with Crippen molar-refractivity contribution in [2.45, 2.75) is 64.6 Å². The Balaban J connectivity index is 1.81. The Labute approximate surface area is 122 Å². The fourth-order valence-corrected chi connectivity index (χ4v) is 4.04. The van der Waals surface area contributed by atoms with Gasteiger partial charge in [-0.05, 0) is 57.5 Å². The summed E-state index contributed by atoms with van der Waals surface area (Å²) in [7, 11) is 0. The van der Waals surface area contributed by atoms with Crippen molar-refractivity contribution in [2.75, 3.05) is 13.1 Å². The van der Waals surface area contributed by atoms with E-state index >= 15 is 0 Å². The van der Waals surface area contributed by atoms with Crippen LogP contribution in [0.1, 0.15) is 44.9 Å². The van der Waals surface area contributed by atoms with E-state index in [0.717, 1.165) is 6.04 Å². The molecule has 3 unspecified atom stereocenters. The van der Waals surface area contributed by atoms with Crippen LogP contribution in [0.5, 0.6) is 0 Å². The zero-order valence-electron chi connectivity index (χ0n) is 12.6. The first-order valence-corrected chi connectivity index (χ1v) is 8.60. The summed E-state index contributed by atoms with van der Waals surface area (Å²) in [4.78, 5) is 4.22. The first kappa shape index (κ1) is 15.0. The third-order valence-corrected chi connectivity index (χ3v) is 5.15. The average molecular weight is 280 g/mol. The van der Waals surface area contributed by atoms with Gasteiger partial charge in [-0.15, -0.1) is 11.3 Å². The van der Waals surface area contributed by atoms with Crippen molar-refractivity contribution in [3.63, 3.8) is 0 Å². The molecule has 2 rings (SSSR count). The maximum Gasteiger partial charge on any atom is 0.0118 e. The second-order valence-corrected chi connectivity index (χ2v) is 6.93. The summed E-state index contributed by atoms with van der Waals surface area (Å²) >= 11 is 1.89. The summed E-state index contributed by atoms with van der Waals surface area (Å²) in [6.07, 6.45) is 5.05. The van der Waals surface area contributed by atoms with Gasteiger partial charge in [0.2, 0.25) is 0 Å². The van der Waals surface area contributed by atoms with Crippen molar-refractivity contribution < 1.29 is 0 Å². The average Bonchev–Trinajstić information content (AvgIpc) is 2.89. The third kappa shape index (κ3) is 4.30. The Morgan fingerprint density at radius 1 is 1.53 bits per heavy atom. The second kappa shape index (κ2) is 7.41. The molecule has 3 atom stereocenters. The normalized spacial score (nSPS) is 26.5. The fraction of sp³-hybridized carbons (Fsp3) is 0.750. The SMILES string of the molecule is CCCNC1CCN(C(C)Cc2cccs2)C(C)C1. The van der Waals surface area contributed by atoms with E-state index in [2.05, 4.69) is 48.5 Å². The van der Waals surface area contributed by atoms with Crippen molar-refractivity contribution in [3.05, 3.63) is 22.4 Å². The van der Waals surface area contributed by atoms with Gasteiger partial charge in [-0.25, -0.2) is 0 Å². The molecule has 1 aliphatic heterocycles. The van der Waals surface area contributed by atoms with E-state index in [0.29, 0.717) is 12.1 Å². The molecule has 1 aromatic heterocycles. The quantitative estimate of drug-likeness (QED) is 0.857. The van der Waals surface area contributed by atoms with Crippen LogP contribution in [-0.2, 0) is 6.42 Å². The molecule has 0 aromatic carbocycles. The van der Waals surface area contributed by atoms with Gasteiger partial charge in [0.25, 0.3) is 0 Å². The number of nitrogens with one attached hydrogen (secondary N) is 1. The van der Waals surface area contributed by atoms with Crippen molar-refractivity contribution in [1.82, 2.24) is 10.2 Å². The van der Waals surface area contributed by atoms with E-state index in [9.17, 15) is 0 Å². The smallest absolute Gasteiger partial charge is 0.0118 e. The highest BCUT2D eigenvalue weighted by Gasteiger charge is 2.28. The number of rotatable bonds is 6. The maximum atomic E-state index is 3.68. The zero-order valence-corrected chi connectivity index (χ0v) is 13.4. The minimum Gasteiger partial charge on any atom is -0.314 e. The Morgan fingerprint density at radius 3 is 3.00 bits per heavy atom. The first-order chi connectivity index (χ1) is 9.20. The van der Waals surface area contributed by atoms with E-state index < -0.39 is 0 Å². The summed E-state index contributed by atoms with van der Waals surface area (Å²) in [6, 6.07) is 6.54. The monoisotopic (exact) mass is 280 g/mol. The molecule has 1 saturated heterocycles. The number of thiophene rings is 1. The van der Waals surface area contributed by atoms with Gasteiger partial charge in [0.05, 0.1) is 0 Å². The van der Waals surface area contributed by atoms with Gasteiger partial charge < -0.3 is 5.32 Å². The van der Waals surface area contributed by atoms with Gasteiger partial charge in [-0.1, -0.05) is 13.0 Å². The lowest BCUT2D eigenvalue weighted by molar-refractivity contribution is 0.0959. The van der Waals surface area contributed by atoms with Crippen LogP contribution >= 0.6 is 11.3 Å². The molecule has 3 heteroatoms. The van der Waals surface area contributed by atoms with Gasteiger partial charge in [0.15, 0.2) is 0 Å². The van der Waals surface area contributed by atoms with E-state index in [1.807, 2.05) is 11.3 Å². The van der Waals surface area contributed by atoms with Crippen molar-refractivity contribution >= 4 is 11.3 Å². The lowest BCUT2D eigenvalue weighted by Gasteiger charge is -2.41. The van der Waals surface area contributed by atoms with Gasteiger partial charge in [0, 0.05) is 29.5 Å². The summed E-state index contributed by atoms with van der Waals surface area (Å²) in [5.74, 6) is 0. The fourth-order valence-electron chi connectivity index (χ4n) is 3.22. The van der Waals surface area contributed by atoms with E-state index in [4.69, 9.17) is 0 Å². The largest absolute Gasteiger partial charge is 0.314 e. The van der Waals surface area contributed by atoms with E-state index in [1.54, 1.807) is 0 Å². The lowest BCUT2D eigenvalue weighted by Crippen LogP contribution is -2.51. The van der Waals surface area contributed by atoms with Crippen LogP contribution in [0.25, 0.3) is 0 Å². The molecular formula is C16H28N2S. The molecule has 0 bridgehead atoms. The highest BCUT2D eigenvalue weighted by molar-refractivity contribution is 7.09. The maximum absolute atomic E-state index is 3.68. The molecule has 1 aliphatic rings. The molecule has 0 radical (unpaired) electrons.